The monoisotopic (exact) mass is 286 g/mol. The van der Waals surface area contributed by atoms with Crippen LogP contribution >= 0.6 is 0 Å². The maximum absolute atomic E-state index is 6.20. The predicted octanol–water partition coefficient (Wildman–Crippen LogP) is 2.08. The van der Waals surface area contributed by atoms with Gasteiger partial charge in [-0.05, 0) is 33.6 Å². The molecule has 0 radical (unpaired) electrons. The van der Waals surface area contributed by atoms with Crippen LogP contribution in [0.4, 0.5) is 0 Å². The molecule has 3 aliphatic heterocycles. The van der Waals surface area contributed by atoms with E-state index in [9.17, 15) is 0 Å². The summed E-state index contributed by atoms with van der Waals surface area (Å²) >= 11 is 0. The van der Waals surface area contributed by atoms with Gasteiger partial charge in [-0.25, -0.2) is 0 Å². The van der Waals surface area contributed by atoms with Crippen LogP contribution in [0.5, 0.6) is 0 Å². The molecule has 5 unspecified atom stereocenters. The van der Waals surface area contributed by atoms with Crippen LogP contribution in [0.2, 0.25) is 0 Å². The van der Waals surface area contributed by atoms with E-state index in [1.165, 1.54) is 0 Å². The molecule has 0 amide bonds. The van der Waals surface area contributed by atoms with Crippen LogP contribution in [0.3, 0.4) is 0 Å². The Morgan fingerprint density at radius 3 is 2.10 bits per heavy atom. The van der Waals surface area contributed by atoms with Crippen molar-refractivity contribution >= 4 is 0 Å². The molecule has 0 spiro atoms. The molecule has 20 heavy (non-hydrogen) atoms. The summed E-state index contributed by atoms with van der Waals surface area (Å²) in [5, 5.41) is 0. The molecule has 0 aromatic carbocycles. The van der Waals surface area contributed by atoms with Crippen LogP contribution in [0, 0.1) is 5.92 Å². The van der Waals surface area contributed by atoms with E-state index < -0.39 is 11.6 Å². The lowest BCUT2D eigenvalue weighted by Gasteiger charge is -2.49. The number of hydrogen-bond acceptors (Lipinski definition) is 5. The van der Waals surface area contributed by atoms with E-state index in [2.05, 4.69) is 13.8 Å². The standard InChI is InChI=1S/C15H26O5/c1-8(2)10-12-13(20-15(5,6)19-12)11-9(17-10)7-16-14(3,4)18-11/h8-13H,7H2,1-6H3. The Bertz CT molecular complexity index is 378. The van der Waals surface area contributed by atoms with Gasteiger partial charge in [0.25, 0.3) is 0 Å². The van der Waals surface area contributed by atoms with Crippen LogP contribution in [-0.2, 0) is 23.7 Å². The molecule has 0 aromatic heterocycles. The van der Waals surface area contributed by atoms with Gasteiger partial charge in [-0.1, -0.05) is 13.8 Å². The van der Waals surface area contributed by atoms with Gasteiger partial charge in [-0.15, -0.1) is 0 Å². The lowest BCUT2D eigenvalue weighted by atomic mass is 9.89. The molecule has 5 atom stereocenters. The number of hydrogen-bond donors (Lipinski definition) is 0. The van der Waals surface area contributed by atoms with Crippen LogP contribution in [0.1, 0.15) is 41.5 Å². The van der Waals surface area contributed by atoms with Gasteiger partial charge in [-0.2, -0.15) is 0 Å². The van der Waals surface area contributed by atoms with Crippen molar-refractivity contribution in [2.45, 2.75) is 83.6 Å². The molecule has 3 aliphatic rings. The molecular formula is C15H26O5. The zero-order valence-electron chi connectivity index (χ0n) is 13.2. The van der Waals surface area contributed by atoms with Crippen molar-refractivity contribution in [1.29, 1.82) is 0 Å². The highest BCUT2D eigenvalue weighted by molar-refractivity contribution is 5.01. The molecule has 0 bridgehead atoms. The fourth-order valence-corrected chi connectivity index (χ4v) is 3.35. The molecule has 0 saturated carbocycles. The molecule has 0 aromatic rings. The quantitative estimate of drug-likeness (QED) is 0.738. The molecular weight excluding hydrogens is 260 g/mol. The van der Waals surface area contributed by atoms with Crippen molar-refractivity contribution in [3.8, 4) is 0 Å². The first-order valence-corrected chi connectivity index (χ1v) is 7.51. The number of fused-ring (bicyclic) bond motifs is 3. The maximum atomic E-state index is 6.20. The zero-order chi connectivity index (χ0) is 14.7. The van der Waals surface area contributed by atoms with E-state index in [-0.39, 0.29) is 30.5 Å². The van der Waals surface area contributed by atoms with Crippen molar-refractivity contribution < 1.29 is 23.7 Å². The Balaban J connectivity index is 1.87. The van der Waals surface area contributed by atoms with Gasteiger partial charge in [-0.3, -0.25) is 0 Å². The summed E-state index contributed by atoms with van der Waals surface area (Å²) in [7, 11) is 0. The van der Waals surface area contributed by atoms with Gasteiger partial charge in [0.15, 0.2) is 11.6 Å². The highest BCUT2D eigenvalue weighted by atomic mass is 16.8. The normalized spacial score (nSPS) is 46.0. The topological polar surface area (TPSA) is 46.2 Å². The third-order valence-corrected chi connectivity index (χ3v) is 4.18. The van der Waals surface area contributed by atoms with Crippen LogP contribution < -0.4 is 0 Å². The Labute approximate surface area is 120 Å². The van der Waals surface area contributed by atoms with Crippen molar-refractivity contribution in [2.24, 2.45) is 5.92 Å². The van der Waals surface area contributed by atoms with Gasteiger partial charge in [0.1, 0.15) is 24.4 Å². The van der Waals surface area contributed by atoms with E-state index in [4.69, 9.17) is 23.7 Å². The average molecular weight is 286 g/mol. The van der Waals surface area contributed by atoms with Gasteiger partial charge in [0.2, 0.25) is 0 Å². The average Bonchev–Trinajstić information content (AvgIpc) is 2.62. The Morgan fingerprint density at radius 1 is 0.850 bits per heavy atom. The van der Waals surface area contributed by atoms with E-state index >= 15 is 0 Å². The van der Waals surface area contributed by atoms with Gasteiger partial charge < -0.3 is 23.7 Å². The lowest BCUT2D eigenvalue weighted by Crippen LogP contribution is -2.64. The summed E-state index contributed by atoms with van der Waals surface area (Å²) in [6, 6.07) is 0. The number of rotatable bonds is 1. The molecule has 5 nitrogen and oxygen atoms in total. The minimum absolute atomic E-state index is 0.0106. The molecule has 0 aliphatic carbocycles. The van der Waals surface area contributed by atoms with Crippen molar-refractivity contribution in [2.75, 3.05) is 6.61 Å². The Kier molecular flexibility index (Phi) is 3.42. The van der Waals surface area contributed by atoms with Crippen molar-refractivity contribution in [3.05, 3.63) is 0 Å². The fraction of sp³-hybridized carbons (Fsp3) is 1.00. The second-order valence-electron chi connectivity index (χ2n) is 7.24. The summed E-state index contributed by atoms with van der Waals surface area (Å²) in [5.74, 6) is -0.835. The van der Waals surface area contributed by atoms with E-state index in [0.717, 1.165) is 0 Å². The SMILES string of the molecule is CC(C)C1OC2COC(C)(C)OC2C2OC(C)(C)OC12. The first-order chi connectivity index (χ1) is 9.19. The predicted molar refractivity (Wildman–Crippen MR) is 72.2 cm³/mol. The number of ether oxygens (including phenoxy) is 5. The van der Waals surface area contributed by atoms with Crippen LogP contribution in [0.15, 0.2) is 0 Å². The van der Waals surface area contributed by atoms with Gasteiger partial charge >= 0.3 is 0 Å². The molecule has 3 heterocycles. The van der Waals surface area contributed by atoms with Crippen molar-refractivity contribution in [3.63, 3.8) is 0 Å². The molecule has 3 fully saturated rings. The molecule has 3 saturated heterocycles. The first kappa shape index (κ1) is 14.7. The third-order valence-electron chi connectivity index (χ3n) is 4.18. The summed E-state index contributed by atoms with van der Waals surface area (Å²) < 4.78 is 30.2. The van der Waals surface area contributed by atoms with Gasteiger partial charge in [0.05, 0.1) is 12.7 Å². The summed E-state index contributed by atoms with van der Waals surface area (Å²) in [6.07, 6.45) is -0.398. The van der Waals surface area contributed by atoms with Crippen LogP contribution in [0.25, 0.3) is 0 Å². The summed E-state index contributed by atoms with van der Waals surface area (Å²) in [4.78, 5) is 0. The summed E-state index contributed by atoms with van der Waals surface area (Å²) in [6.45, 7) is 12.6. The second kappa shape index (κ2) is 4.65. The smallest absolute Gasteiger partial charge is 0.164 e. The largest absolute Gasteiger partial charge is 0.367 e. The molecule has 0 N–H and O–H groups in total. The highest BCUT2D eigenvalue weighted by Crippen LogP contribution is 2.43. The molecule has 5 heteroatoms. The lowest BCUT2D eigenvalue weighted by molar-refractivity contribution is -0.350. The highest BCUT2D eigenvalue weighted by Gasteiger charge is 2.58. The third kappa shape index (κ3) is 2.50. The zero-order valence-corrected chi connectivity index (χ0v) is 13.2. The molecule has 116 valence electrons. The minimum atomic E-state index is -0.601. The van der Waals surface area contributed by atoms with E-state index in [0.29, 0.717) is 12.5 Å². The van der Waals surface area contributed by atoms with E-state index in [1.54, 1.807) is 0 Å². The summed E-state index contributed by atoms with van der Waals surface area (Å²) in [5.41, 5.74) is 0. The minimum Gasteiger partial charge on any atom is -0.367 e. The molecule has 3 rings (SSSR count). The first-order valence-electron chi connectivity index (χ1n) is 7.51. The van der Waals surface area contributed by atoms with Crippen molar-refractivity contribution in [1.82, 2.24) is 0 Å². The van der Waals surface area contributed by atoms with Crippen LogP contribution in [-0.4, -0.2) is 48.7 Å². The van der Waals surface area contributed by atoms with Gasteiger partial charge in [0, 0.05) is 0 Å². The Hall–Kier alpha value is -0.200. The fourth-order valence-electron chi connectivity index (χ4n) is 3.35. The van der Waals surface area contributed by atoms with E-state index in [1.807, 2.05) is 27.7 Å². The Morgan fingerprint density at radius 2 is 1.45 bits per heavy atom. The second-order valence-corrected chi connectivity index (χ2v) is 7.24. The maximum Gasteiger partial charge on any atom is 0.164 e.